The lowest BCUT2D eigenvalue weighted by atomic mass is 9.81. The summed E-state index contributed by atoms with van der Waals surface area (Å²) >= 11 is 0. The molecule has 3 rings (SSSR count). The van der Waals surface area contributed by atoms with Crippen LogP contribution in [0.3, 0.4) is 0 Å². The summed E-state index contributed by atoms with van der Waals surface area (Å²) in [5.74, 6) is 1.84. The van der Waals surface area contributed by atoms with E-state index in [4.69, 9.17) is 0 Å². The van der Waals surface area contributed by atoms with E-state index < -0.39 is 0 Å². The monoisotopic (exact) mass is 293 g/mol. The van der Waals surface area contributed by atoms with Gasteiger partial charge in [0, 0.05) is 25.2 Å². The normalized spacial score (nSPS) is 39.1. The van der Waals surface area contributed by atoms with Gasteiger partial charge in [-0.2, -0.15) is 0 Å². The molecule has 0 aromatic heterocycles. The summed E-state index contributed by atoms with van der Waals surface area (Å²) in [6.45, 7) is 8.77. The van der Waals surface area contributed by atoms with Gasteiger partial charge in [0.1, 0.15) is 0 Å². The standard InChI is InChI=1S/C18H35N3/c1-3-19-17-9-5-4-7-15(17)13-21-12-10-18-16(14-21)8-6-11-20(18)2/h15-19H,3-14H2,1-2H3. The summed E-state index contributed by atoms with van der Waals surface area (Å²) in [5.41, 5.74) is 0. The fraction of sp³-hybridized carbons (Fsp3) is 1.00. The fourth-order valence-corrected chi connectivity index (χ4v) is 5.18. The minimum atomic E-state index is 0.788. The average Bonchev–Trinajstić information content (AvgIpc) is 2.50. The van der Waals surface area contributed by atoms with Crippen LogP contribution in [0.2, 0.25) is 0 Å². The van der Waals surface area contributed by atoms with E-state index in [-0.39, 0.29) is 0 Å². The van der Waals surface area contributed by atoms with Crippen LogP contribution < -0.4 is 5.32 Å². The van der Waals surface area contributed by atoms with Gasteiger partial charge in [-0.3, -0.25) is 0 Å². The Kier molecular flexibility index (Phi) is 5.58. The second kappa shape index (κ2) is 7.43. The molecule has 1 saturated carbocycles. The van der Waals surface area contributed by atoms with Gasteiger partial charge in [0.05, 0.1) is 0 Å². The summed E-state index contributed by atoms with van der Waals surface area (Å²) in [7, 11) is 2.34. The quantitative estimate of drug-likeness (QED) is 0.859. The molecule has 3 fully saturated rings. The Balaban J connectivity index is 1.53. The Morgan fingerprint density at radius 2 is 1.86 bits per heavy atom. The van der Waals surface area contributed by atoms with E-state index in [1.807, 2.05) is 0 Å². The van der Waals surface area contributed by atoms with Gasteiger partial charge < -0.3 is 15.1 Å². The van der Waals surface area contributed by atoms with Gasteiger partial charge >= 0.3 is 0 Å². The molecule has 21 heavy (non-hydrogen) atoms. The molecule has 3 heteroatoms. The third-order valence-electron chi connectivity index (χ3n) is 6.30. The largest absolute Gasteiger partial charge is 0.314 e. The third-order valence-corrected chi connectivity index (χ3v) is 6.30. The fourth-order valence-electron chi connectivity index (χ4n) is 5.18. The van der Waals surface area contributed by atoms with Crippen molar-refractivity contribution in [3.8, 4) is 0 Å². The molecular formula is C18H35N3. The van der Waals surface area contributed by atoms with E-state index in [9.17, 15) is 0 Å². The van der Waals surface area contributed by atoms with E-state index in [1.165, 1.54) is 71.1 Å². The van der Waals surface area contributed by atoms with Crippen molar-refractivity contribution in [1.29, 1.82) is 0 Å². The zero-order chi connectivity index (χ0) is 14.7. The highest BCUT2D eigenvalue weighted by Crippen LogP contribution is 2.31. The highest BCUT2D eigenvalue weighted by molar-refractivity contribution is 4.91. The average molecular weight is 293 g/mol. The van der Waals surface area contributed by atoms with Crippen molar-refractivity contribution >= 4 is 0 Å². The number of rotatable bonds is 4. The van der Waals surface area contributed by atoms with E-state index in [0.717, 1.165) is 30.5 Å². The highest BCUT2D eigenvalue weighted by Gasteiger charge is 2.35. The van der Waals surface area contributed by atoms with Crippen LogP contribution in [0.25, 0.3) is 0 Å². The molecular weight excluding hydrogens is 258 g/mol. The Morgan fingerprint density at radius 3 is 2.71 bits per heavy atom. The Labute approximate surface area is 131 Å². The van der Waals surface area contributed by atoms with Crippen molar-refractivity contribution < 1.29 is 0 Å². The molecule has 0 bridgehead atoms. The predicted octanol–water partition coefficient (Wildman–Crippen LogP) is 2.57. The molecule has 3 nitrogen and oxygen atoms in total. The molecule has 1 N–H and O–H groups in total. The van der Waals surface area contributed by atoms with Crippen molar-refractivity contribution in [3.05, 3.63) is 0 Å². The van der Waals surface area contributed by atoms with Crippen LogP contribution in [-0.4, -0.2) is 61.7 Å². The van der Waals surface area contributed by atoms with Crippen molar-refractivity contribution in [1.82, 2.24) is 15.1 Å². The van der Waals surface area contributed by atoms with E-state index in [1.54, 1.807) is 0 Å². The minimum Gasteiger partial charge on any atom is -0.314 e. The van der Waals surface area contributed by atoms with Crippen molar-refractivity contribution in [2.75, 3.05) is 39.8 Å². The number of hydrogen-bond acceptors (Lipinski definition) is 3. The lowest BCUT2D eigenvalue weighted by Gasteiger charge is -2.47. The molecule has 3 aliphatic rings. The smallest absolute Gasteiger partial charge is 0.0145 e. The summed E-state index contributed by atoms with van der Waals surface area (Å²) in [6, 6.07) is 1.67. The van der Waals surface area contributed by atoms with Crippen molar-refractivity contribution in [2.45, 2.75) is 64.0 Å². The molecule has 0 aromatic rings. The summed E-state index contributed by atoms with van der Waals surface area (Å²) in [4.78, 5) is 5.44. The maximum atomic E-state index is 3.75. The highest BCUT2D eigenvalue weighted by atomic mass is 15.2. The van der Waals surface area contributed by atoms with Crippen molar-refractivity contribution in [2.24, 2.45) is 11.8 Å². The van der Waals surface area contributed by atoms with Crippen LogP contribution in [0.4, 0.5) is 0 Å². The molecule has 122 valence electrons. The minimum absolute atomic E-state index is 0.788. The molecule has 2 heterocycles. The third kappa shape index (κ3) is 3.80. The van der Waals surface area contributed by atoms with Gasteiger partial charge in [0.25, 0.3) is 0 Å². The van der Waals surface area contributed by atoms with Gasteiger partial charge in [-0.1, -0.05) is 19.8 Å². The second-order valence-electron chi connectivity index (χ2n) is 7.71. The maximum absolute atomic E-state index is 3.75. The lowest BCUT2D eigenvalue weighted by molar-refractivity contribution is 0.0269. The molecule has 4 atom stereocenters. The van der Waals surface area contributed by atoms with Crippen LogP contribution in [-0.2, 0) is 0 Å². The first kappa shape index (κ1) is 15.8. The van der Waals surface area contributed by atoms with Crippen molar-refractivity contribution in [3.63, 3.8) is 0 Å². The van der Waals surface area contributed by atoms with Crippen LogP contribution in [0.5, 0.6) is 0 Å². The molecule has 0 aromatic carbocycles. The maximum Gasteiger partial charge on any atom is 0.0145 e. The summed E-state index contributed by atoms with van der Waals surface area (Å²) in [5, 5.41) is 3.75. The topological polar surface area (TPSA) is 18.5 Å². The molecule has 0 spiro atoms. The Morgan fingerprint density at radius 1 is 1.00 bits per heavy atom. The van der Waals surface area contributed by atoms with Crippen LogP contribution in [0, 0.1) is 11.8 Å². The number of hydrogen-bond donors (Lipinski definition) is 1. The van der Waals surface area contributed by atoms with Crippen LogP contribution in [0.15, 0.2) is 0 Å². The first-order valence-electron chi connectivity index (χ1n) is 9.44. The lowest BCUT2D eigenvalue weighted by Crippen LogP contribution is -2.54. The van der Waals surface area contributed by atoms with E-state index in [0.29, 0.717) is 0 Å². The molecule has 4 unspecified atom stereocenters. The number of piperidine rings is 2. The molecule has 2 aliphatic heterocycles. The molecule has 0 amide bonds. The van der Waals surface area contributed by atoms with E-state index in [2.05, 4.69) is 29.1 Å². The Hall–Kier alpha value is -0.120. The number of nitrogens with zero attached hydrogens (tertiary/aromatic N) is 2. The summed E-state index contributed by atoms with van der Waals surface area (Å²) < 4.78 is 0. The predicted molar refractivity (Wildman–Crippen MR) is 89.6 cm³/mol. The van der Waals surface area contributed by atoms with Gasteiger partial charge in [-0.05, 0) is 70.6 Å². The SMILES string of the molecule is CCNC1CCCCC1CN1CCC2C(CCCN2C)C1. The molecule has 2 saturated heterocycles. The zero-order valence-corrected chi connectivity index (χ0v) is 14.2. The van der Waals surface area contributed by atoms with Crippen LogP contribution >= 0.6 is 0 Å². The molecule has 1 aliphatic carbocycles. The summed E-state index contributed by atoms with van der Waals surface area (Å²) in [6.07, 6.45) is 10.0. The van der Waals surface area contributed by atoms with Gasteiger partial charge in [-0.15, -0.1) is 0 Å². The van der Waals surface area contributed by atoms with Crippen LogP contribution in [0.1, 0.15) is 51.9 Å². The first-order valence-corrected chi connectivity index (χ1v) is 9.44. The van der Waals surface area contributed by atoms with Gasteiger partial charge in [0.2, 0.25) is 0 Å². The van der Waals surface area contributed by atoms with Gasteiger partial charge in [0.15, 0.2) is 0 Å². The van der Waals surface area contributed by atoms with Gasteiger partial charge in [-0.25, -0.2) is 0 Å². The second-order valence-corrected chi connectivity index (χ2v) is 7.71. The first-order chi connectivity index (χ1) is 10.3. The van der Waals surface area contributed by atoms with E-state index >= 15 is 0 Å². The number of fused-ring (bicyclic) bond motifs is 1. The molecule has 0 radical (unpaired) electrons. The zero-order valence-electron chi connectivity index (χ0n) is 14.2. The Bertz CT molecular complexity index is 318. The number of nitrogens with one attached hydrogen (secondary N) is 1. The number of likely N-dealkylation sites (tertiary alicyclic amines) is 2.